The number of alkyl halides is 3. The summed E-state index contributed by atoms with van der Waals surface area (Å²) in [5.74, 6) is -2.60. The highest BCUT2D eigenvalue weighted by molar-refractivity contribution is 6.03. The molecule has 2 saturated heterocycles. The SMILES string of the molecule is COc1ccc(CN(Cc2ccc(OC)cc2)c2cc(-c3nc4c(c(NCc5cccnc5CO)c3F)C(=O)N3C[C@H]5CC[C@@H]([C@H]3[C@H](C)O4)N5C(=O)OC(C)(C)C)c(C(F)(F)F)c(C)c2F)cc1. The fourth-order valence-electron chi connectivity index (χ4n) is 9.57. The highest BCUT2D eigenvalue weighted by Gasteiger charge is 2.55. The number of ether oxygens (including phenoxy) is 4. The lowest BCUT2D eigenvalue weighted by Crippen LogP contribution is -2.65. The van der Waals surface area contributed by atoms with Crippen molar-refractivity contribution in [3.8, 4) is 28.6 Å². The number of hydrogen-bond acceptors (Lipinski definition) is 11. The molecule has 360 valence electrons. The molecule has 3 aliphatic heterocycles. The fraction of sp³-hybridized carbons (Fsp3) is 0.400. The van der Waals surface area contributed by atoms with Crippen LogP contribution in [0.3, 0.4) is 0 Å². The van der Waals surface area contributed by atoms with Crippen LogP contribution < -0.4 is 24.4 Å². The Kier molecular flexibility index (Phi) is 13.2. The second-order valence-corrected chi connectivity index (χ2v) is 18.2. The average Bonchev–Trinajstić information content (AvgIpc) is 3.56. The lowest BCUT2D eigenvalue weighted by atomic mass is 9.94. The Morgan fingerprint density at radius 3 is 2.16 bits per heavy atom. The van der Waals surface area contributed by atoms with Gasteiger partial charge in [0.05, 0.1) is 61.6 Å². The molecule has 2 N–H and O–H groups in total. The summed E-state index contributed by atoms with van der Waals surface area (Å²) < 4.78 is 104. The molecule has 2 bridgehead atoms. The quantitative estimate of drug-likeness (QED) is 0.116. The Morgan fingerprint density at radius 2 is 1.59 bits per heavy atom. The molecule has 2 aromatic heterocycles. The molecule has 2 fully saturated rings. The number of carbonyl (C=O) groups excluding carboxylic acids is 2. The molecule has 5 heterocycles. The van der Waals surface area contributed by atoms with E-state index in [-0.39, 0.29) is 43.1 Å². The molecule has 18 heteroatoms. The molecular weight excluding hydrogens is 892 g/mol. The highest BCUT2D eigenvalue weighted by atomic mass is 19.4. The molecule has 4 atom stereocenters. The first kappa shape index (κ1) is 47.8. The number of anilines is 2. The lowest BCUT2D eigenvalue weighted by molar-refractivity contribution is -0.137. The van der Waals surface area contributed by atoms with E-state index in [1.54, 1.807) is 98.2 Å². The molecule has 3 aromatic carbocycles. The summed E-state index contributed by atoms with van der Waals surface area (Å²) in [4.78, 5) is 42.0. The van der Waals surface area contributed by atoms with Gasteiger partial charge in [-0.05, 0) is 106 Å². The standard InChI is InChI=1S/C50H53F5N6O7/c1-27-40(50(53,54)55)35(21-38(41(27)51)59(23-29-10-15-33(65-6)16-11-29)24-30-12-17-34(66-7)18-13-30)43-42(52)44(57-22-31-9-8-20-56-36(31)26-62)39-46(58-43)67-28(2)45-37-19-14-32(25-60(45)47(39)63)61(37)48(64)68-49(3,4)5/h8-13,15-18,20-21,28,32,37,45,62H,14,19,22-26H2,1-7H3,(H,57,58)/t28-,32+,37-,45+/m0/s1. The van der Waals surface area contributed by atoms with Gasteiger partial charge in [0.25, 0.3) is 5.91 Å². The van der Waals surface area contributed by atoms with Crippen LogP contribution in [0.4, 0.5) is 38.1 Å². The van der Waals surface area contributed by atoms with Crippen molar-refractivity contribution in [2.24, 2.45) is 0 Å². The van der Waals surface area contributed by atoms with Gasteiger partial charge in [0.15, 0.2) is 5.82 Å². The van der Waals surface area contributed by atoms with Crippen molar-refractivity contribution >= 4 is 23.4 Å². The van der Waals surface area contributed by atoms with Gasteiger partial charge in [-0.1, -0.05) is 30.3 Å². The summed E-state index contributed by atoms with van der Waals surface area (Å²) in [6, 6.07) is 16.1. The summed E-state index contributed by atoms with van der Waals surface area (Å²) in [5, 5.41) is 13.0. The van der Waals surface area contributed by atoms with Gasteiger partial charge in [0.2, 0.25) is 5.88 Å². The fourth-order valence-corrected chi connectivity index (χ4v) is 9.57. The number of hydrogen-bond donors (Lipinski definition) is 2. The number of amides is 2. The molecule has 0 unspecified atom stereocenters. The molecule has 0 radical (unpaired) electrons. The van der Waals surface area contributed by atoms with Crippen LogP contribution in [0, 0.1) is 18.6 Å². The van der Waals surface area contributed by atoms with E-state index in [0.29, 0.717) is 41.0 Å². The van der Waals surface area contributed by atoms with Gasteiger partial charge in [-0.2, -0.15) is 13.2 Å². The minimum absolute atomic E-state index is 0.00276. The van der Waals surface area contributed by atoms with E-state index < -0.39 is 100 Å². The molecule has 0 spiro atoms. The van der Waals surface area contributed by atoms with E-state index in [1.165, 1.54) is 25.3 Å². The van der Waals surface area contributed by atoms with E-state index >= 15 is 26.7 Å². The summed E-state index contributed by atoms with van der Waals surface area (Å²) in [6.07, 6.45) is -4.23. The summed E-state index contributed by atoms with van der Waals surface area (Å²) >= 11 is 0. The predicted molar refractivity (Wildman–Crippen MR) is 242 cm³/mol. The maximum Gasteiger partial charge on any atom is 0.417 e. The van der Waals surface area contributed by atoms with Crippen molar-refractivity contribution in [2.75, 3.05) is 31.0 Å². The topological polar surface area (TPSA) is 139 Å². The number of piperazine rings is 1. The Balaban J connectivity index is 1.31. The number of rotatable bonds is 12. The molecule has 0 aliphatic carbocycles. The van der Waals surface area contributed by atoms with Crippen molar-refractivity contribution in [3.63, 3.8) is 0 Å². The number of methoxy groups -OCH3 is 2. The van der Waals surface area contributed by atoms with E-state index in [1.807, 2.05) is 0 Å². The van der Waals surface area contributed by atoms with Crippen LogP contribution in [0.25, 0.3) is 11.3 Å². The number of carbonyl (C=O) groups is 2. The second kappa shape index (κ2) is 18.8. The van der Waals surface area contributed by atoms with Crippen molar-refractivity contribution in [1.82, 2.24) is 19.8 Å². The Bertz CT molecular complexity index is 2650. The molecule has 13 nitrogen and oxygen atoms in total. The van der Waals surface area contributed by atoms with E-state index in [0.717, 1.165) is 13.0 Å². The average molecular weight is 945 g/mol. The first-order valence-corrected chi connectivity index (χ1v) is 22.2. The van der Waals surface area contributed by atoms with Gasteiger partial charge in [-0.25, -0.2) is 18.6 Å². The van der Waals surface area contributed by atoms with Crippen LogP contribution in [0.1, 0.15) is 84.4 Å². The molecule has 68 heavy (non-hydrogen) atoms. The van der Waals surface area contributed by atoms with Crippen molar-refractivity contribution in [3.05, 3.63) is 124 Å². The Morgan fingerprint density at radius 1 is 0.956 bits per heavy atom. The van der Waals surface area contributed by atoms with Crippen LogP contribution in [0.15, 0.2) is 72.9 Å². The lowest BCUT2D eigenvalue weighted by Gasteiger charge is -2.47. The number of aliphatic hydroxyl groups excluding tert-OH is 1. The monoisotopic (exact) mass is 944 g/mol. The zero-order chi connectivity index (χ0) is 48.8. The van der Waals surface area contributed by atoms with Crippen LogP contribution in [0.2, 0.25) is 0 Å². The molecule has 5 aromatic rings. The van der Waals surface area contributed by atoms with Crippen molar-refractivity contribution in [1.29, 1.82) is 0 Å². The highest BCUT2D eigenvalue weighted by Crippen LogP contribution is 2.48. The maximum absolute atomic E-state index is 17.9. The normalized spacial score (nSPS) is 18.9. The number of nitrogens with one attached hydrogen (secondary N) is 1. The van der Waals surface area contributed by atoms with Crippen molar-refractivity contribution in [2.45, 2.75) is 110 Å². The first-order valence-electron chi connectivity index (χ1n) is 22.2. The maximum atomic E-state index is 17.9. The van der Waals surface area contributed by atoms with Crippen LogP contribution >= 0.6 is 0 Å². The summed E-state index contributed by atoms with van der Waals surface area (Å²) in [6.45, 7) is 7.18. The van der Waals surface area contributed by atoms with E-state index in [2.05, 4.69) is 15.3 Å². The van der Waals surface area contributed by atoms with Gasteiger partial charge < -0.3 is 39.2 Å². The first-order chi connectivity index (χ1) is 32.3. The van der Waals surface area contributed by atoms with Gasteiger partial charge in [-0.3, -0.25) is 14.7 Å². The number of fused-ring (bicyclic) bond motifs is 5. The van der Waals surface area contributed by atoms with Crippen LogP contribution in [-0.4, -0.2) is 87.5 Å². The van der Waals surface area contributed by atoms with Crippen molar-refractivity contribution < 1.29 is 55.6 Å². The van der Waals surface area contributed by atoms with Gasteiger partial charge in [0, 0.05) is 37.9 Å². The number of halogens is 5. The zero-order valence-electron chi connectivity index (χ0n) is 38.7. The summed E-state index contributed by atoms with van der Waals surface area (Å²) in [7, 11) is 3.01. The Labute approximate surface area is 390 Å². The van der Waals surface area contributed by atoms with Crippen LogP contribution in [-0.2, 0) is 37.2 Å². The van der Waals surface area contributed by atoms with Crippen LogP contribution in [0.5, 0.6) is 17.4 Å². The van der Waals surface area contributed by atoms with E-state index in [4.69, 9.17) is 18.9 Å². The molecule has 8 rings (SSSR count). The van der Waals surface area contributed by atoms with Gasteiger partial charge in [-0.15, -0.1) is 0 Å². The van der Waals surface area contributed by atoms with E-state index in [9.17, 15) is 9.90 Å². The largest absolute Gasteiger partial charge is 0.497 e. The third-order valence-corrected chi connectivity index (χ3v) is 12.7. The third kappa shape index (κ3) is 9.29. The number of nitrogens with zero attached hydrogens (tertiary/aromatic N) is 5. The summed E-state index contributed by atoms with van der Waals surface area (Å²) in [5.41, 5.74) is -4.00. The molecular formula is C50H53F5N6O7. The smallest absolute Gasteiger partial charge is 0.417 e. The zero-order valence-corrected chi connectivity index (χ0v) is 38.7. The number of pyridine rings is 2. The second-order valence-electron chi connectivity index (χ2n) is 18.2. The number of benzene rings is 3. The van der Waals surface area contributed by atoms with Gasteiger partial charge >= 0.3 is 12.3 Å². The molecule has 2 amide bonds. The predicted octanol–water partition coefficient (Wildman–Crippen LogP) is 9.45. The minimum atomic E-state index is -5.23. The van der Waals surface area contributed by atoms with Gasteiger partial charge in [0.1, 0.15) is 40.3 Å². The molecule has 3 aliphatic rings. The third-order valence-electron chi connectivity index (χ3n) is 12.7. The minimum Gasteiger partial charge on any atom is -0.497 e. The number of aliphatic hydroxyl groups is 1. The molecule has 0 saturated carbocycles. The number of aromatic nitrogens is 2. The Hall–Kier alpha value is -6.69.